The molecule has 0 aliphatic heterocycles. The molecule has 2 heterocycles. The molecule has 0 aliphatic carbocycles. The molecular formula is C27H26N6OS. The van der Waals surface area contributed by atoms with Crippen LogP contribution in [0.4, 0.5) is 9.93 Å². The molecule has 3 aromatic carbocycles. The molecule has 176 valence electrons. The van der Waals surface area contributed by atoms with Gasteiger partial charge in [0.1, 0.15) is 0 Å². The van der Waals surface area contributed by atoms with Crippen molar-refractivity contribution in [2.75, 3.05) is 19.4 Å². The number of aromatic nitrogens is 2. The number of rotatable bonds is 7. The molecule has 8 heteroatoms. The number of para-hydroxylation sites is 1. The lowest BCUT2D eigenvalue weighted by molar-refractivity contribution is 0.252. The van der Waals surface area contributed by atoms with E-state index in [-0.39, 0.29) is 0 Å². The van der Waals surface area contributed by atoms with Crippen molar-refractivity contribution in [3.8, 4) is 0 Å². The van der Waals surface area contributed by atoms with Gasteiger partial charge in [-0.05, 0) is 43.4 Å². The lowest BCUT2D eigenvalue weighted by Gasteiger charge is -2.08. The van der Waals surface area contributed by atoms with E-state index in [0.29, 0.717) is 5.13 Å². The van der Waals surface area contributed by atoms with E-state index in [9.17, 15) is 4.79 Å². The molecule has 2 amide bonds. The molecule has 0 saturated carbocycles. The number of hydrogen-bond acceptors (Lipinski definition) is 5. The fourth-order valence-corrected chi connectivity index (χ4v) is 4.99. The average Bonchev–Trinajstić information content (AvgIpc) is 3.40. The number of carbonyl (C=O) groups excluding carboxylic acids is 1. The maximum atomic E-state index is 12.4. The molecule has 0 bridgehead atoms. The summed E-state index contributed by atoms with van der Waals surface area (Å²) in [7, 11) is 4.07. The summed E-state index contributed by atoms with van der Waals surface area (Å²) in [4.78, 5) is 19.0. The van der Waals surface area contributed by atoms with Crippen molar-refractivity contribution >= 4 is 49.8 Å². The molecule has 2 N–H and O–H groups in total. The van der Waals surface area contributed by atoms with Gasteiger partial charge in [0, 0.05) is 35.8 Å². The molecule has 0 fully saturated rings. The minimum absolute atomic E-state index is 0.429. The van der Waals surface area contributed by atoms with E-state index >= 15 is 0 Å². The van der Waals surface area contributed by atoms with Crippen molar-refractivity contribution in [1.82, 2.24) is 19.9 Å². The molecule has 5 aromatic rings. The number of hydrazone groups is 1. The van der Waals surface area contributed by atoms with Gasteiger partial charge < -0.3 is 9.47 Å². The Morgan fingerprint density at radius 1 is 1.06 bits per heavy atom. The number of anilines is 1. The fourth-order valence-electron chi connectivity index (χ4n) is 4.06. The first-order chi connectivity index (χ1) is 17.0. The van der Waals surface area contributed by atoms with Gasteiger partial charge >= 0.3 is 6.03 Å². The van der Waals surface area contributed by atoms with Gasteiger partial charge in [0.25, 0.3) is 0 Å². The number of fused-ring (bicyclic) bond motifs is 2. The summed E-state index contributed by atoms with van der Waals surface area (Å²) in [5.74, 6) is 0. The van der Waals surface area contributed by atoms with E-state index in [1.165, 1.54) is 22.5 Å². The van der Waals surface area contributed by atoms with Crippen LogP contribution in [0.1, 0.15) is 16.7 Å². The Bertz CT molecular complexity index is 1500. The van der Waals surface area contributed by atoms with Gasteiger partial charge in [-0.3, -0.25) is 5.32 Å². The summed E-state index contributed by atoms with van der Waals surface area (Å²) >= 11 is 1.45. The molecule has 2 aromatic heterocycles. The predicted molar refractivity (Wildman–Crippen MR) is 144 cm³/mol. The maximum Gasteiger partial charge on any atom is 0.341 e. The van der Waals surface area contributed by atoms with E-state index in [1.54, 1.807) is 6.21 Å². The maximum absolute atomic E-state index is 12.4. The molecule has 5 rings (SSSR count). The monoisotopic (exact) mass is 482 g/mol. The van der Waals surface area contributed by atoms with Crippen molar-refractivity contribution in [2.45, 2.75) is 13.1 Å². The topological polar surface area (TPSA) is 74.6 Å². The van der Waals surface area contributed by atoms with Crippen molar-refractivity contribution in [1.29, 1.82) is 0 Å². The van der Waals surface area contributed by atoms with Gasteiger partial charge in [-0.15, -0.1) is 0 Å². The first kappa shape index (κ1) is 22.8. The largest absolute Gasteiger partial charge is 0.342 e. The summed E-state index contributed by atoms with van der Waals surface area (Å²) in [6.45, 7) is 1.62. The number of carbonyl (C=O) groups is 1. The standard InChI is InChI=1S/C27H26N6OS/c1-32(2)16-20-12-13-23-25(14-20)35-27(29-23)30-26(34)31-28-15-21-18-33(17-19-8-4-3-5-9-19)24-11-7-6-10-22(21)24/h3-15,18H,16-17H2,1-2H3,(H2,29,30,31,34)/b28-15+. The number of nitrogens with one attached hydrogen (secondary N) is 2. The lowest BCUT2D eigenvalue weighted by atomic mass is 10.2. The van der Waals surface area contributed by atoms with E-state index in [1.807, 2.05) is 50.5 Å². The summed E-state index contributed by atoms with van der Waals surface area (Å²) < 4.78 is 3.23. The van der Waals surface area contributed by atoms with E-state index in [0.717, 1.165) is 39.8 Å². The smallest absolute Gasteiger partial charge is 0.341 e. The van der Waals surface area contributed by atoms with Crippen molar-refractivity contribution in [3.63, 3.8) is 0 Å². The minimum Gasteiger partial charge on any atom is -0.342 e. The van der Waals surface area contributed by atoms with Crippen molar-refractivity contribution in [3.05, 3.63) is 95.7 Å². The second kappa shape index (κ2) is 10.1. The Morgan fingerprint density at radius 3 is 2.69 bits per heavy atom. The lowest BCUT2D eigenvalue weighted by Crippen LogP contribution is -2.24. The summed E-state index contributed by atoms with van der Waals surface area (Å²) in [5.41, 5.74) is 7.90. The van der Waals surface area contributed by atoms with Gasteiger partial charge in [-0.1, -0.05) is 65.9 Å². The Labute approximate surface area is 207 Å². The van der Waals surface area contributed by atoms with Crippen LogP contribution < -0.4 is 10.7 Å². The van der Waals surface area contributed by atoms with Crippen molar-refractivity contribution < 1.29 is 4.79 Å². The molecule has 0 radical (unpaired) electrons. The summed E-state index contributed by atoms with van der Waals surface area (Å²) in [6.07, 6.45) is 3.73. The second-order valence-electron chi connectivity index (χ2n) is 8.60. The Hall–Kier alpha value is -4.01. The van der Waals surface area contributed by atoms with Crippen LogP contribution in [0.2, 0.25) is 0 Å². The van der Waals surface area contributed by atoms with Crippen LogP contribution in [0.25, 0.3) is 21.1 Å². The van der Waals surface area contributed by atoms with Crippen LogP contribution in [0, 0.1) is 0 Å². The zero-order chi connectivity index (χ0) is 24.2. The zero-order valence-electron chi connectivity index (χ0n) is 19.6. The third-order valence-corrected chi connectivity index (χ3v) is 6.49. The van der Waals surface area contributed by atoms with E-state index in [2.05, 4.69) is 72.9 Å². The van der Waals surface area contributed by atoms with E-state index in [4.69, 9.17) is 0 Å². The molecule has 35 heavy (non-hydrogen) atoms. The predicted octanol–water partition coefficient (Wildman–Crippen LogP) is 5.52. The first-order valence-corrected chi connectivity index (χ1v) is 12.1. The normalized spacial score (nSPS) is 11.6. The number of hydrogen-bond donors (Lipinski definition) is 2. The first-order valence-electron chi connectivity index (χ1n) is 11.3. The van der Waals surface area contributed by atoms with Gasteiger partial charge in [0.15, 0.2) is 5.13 Å². The van der Waals surface area contributed by atoms with Crippen LogP contribution >= 0.6 is 11.3 Å². The van der Waals surface area contributed by atoms with Crippen LogP contribution in [-0.2, 0) is 13.1 Å². The molecule has 0 unspecified atom stereocenters. The van der Waals surface area contributed by atoms with Gasteiger partial charge in [-0.2, -0.15) is 5.10 Å². The average molecular weight is 483 g/mol. The third kappa shape index (κ3) is 5.40. The summed E-state index contributed by atoms with van der Waals surface area (Å²) in [6, 6.07) is 24.2. The van der Waals surface area contributed by atoms with Crippen LogP contribution in [0.3, 0.4) is 0 Å². The van der Waals surface area contributed by atoms with E-state index < -0.39 is 6.03 Å². The van der Waals surface area contributed by atoms with Crippen LogP contribution in [0.15, 0.2) is 84.1 Å². The Kier molecular flexibility index (Phi) is 6.56. The number of nitrogens with zero attached hydrogens (tertiary/aromatic N) is 4. The number of urea groups is 1. The molecule has 0 spiro atoms. The highest BCUT2D eigenvalue weighted by molar-refractivity contribution is 7.22. The zero-order valence-corrected chi connectivity index (χ0v) is 20.4. The molecular weight excluding hydrogens is 456 g/mol. The van der Waals surface area contributed by atoms with Gasteiger partial charge in [-0.25, -0.2) is 15.2 Å². The number of benzene rings is 3. The molecule has 0 saturated heterocycles. The summed E-state index contributed by atoms with van der Waals surface area (Å²) in [5, 5.41) is 8.57. The molecule has 0 atom stereocenters. The second-order valence-corrected chi connectivity index (χ2v) is 9.63. The number of thiazole rings is 1. The van der Waals surface area contributed by atoms with Crippen LogP contribution in [0.5, 0.6) is 0 Å². The highest BCUT2D eigenvalue weighted by atomic mass is 32.1. The van der Waals surface area contributed by atoms with Gasteiger partial charge in [0.2, 0.25) is 0 Å². The minimum atomic E-state index is -0.429. The SMILES string of the molecule is CN(C)Cc1ccc2nc(NC(=O)N/N=C/c3cn(Cc4ccccc4)c4ccccc34)sc2c1. The highest BCUT2D eigenvalue weighted by Crippen LogP contribution is 2.27. The van der Waals surface area contributed by atoms with Crippen molar-refractivity contribution in [2.24, 2.45) is 5.10 Å². The van der Waals surface area contributed by atoms with Gasteiger partial charge in [0.05, 0.1) is 16.4 Å². The Balaban J connectivity index is 1.27. The number of amides is 2. The Morgan fingerprint density at radius 2 is 1.86 bits per heavy atom. The fraction of sp³-hybridized carbons (Fsp3) is 0.148. The third-order valence-electron chi connectivity index (χ3n) is 5.56. The quantitative estimate of drug-likeness (QED) is 0.237. The molecule has 0 aliphatic rings. The highest BCUT2D eigenvalue weighted by Gasteiger charge is 2.10. The van der Waals surface area contributed by atoms with Crippen LogP contribution in [-0.4, -0.2) is 40.8 Å². The molecule has 7 nitrogen and oxygen atoms in total.